The standard InChI is InChI=1S/C25H31N3O2/c1-17-6-5-7-22(30-16-25(2,3)4)23(17)18-8-9-20-19(14-18)15-21(24(26)27-20)28-10-12-29-13-11-28/h5-9,14-15H,10-13,16H2,1-4H3,(H2,26,27). The molecule has 1 aromatic heterocycles. The van der Waals surface area contributed by atoms with E-state index in [2.05, 4.69) is 74.0 Å². The summed E-state index contributed by atoms with van der Waals surface area (Å²) in [7, 11) is 0. The average molecular weight is 406 g/mol. The van der Waals surface area contributed by atoms with Crippen LogP contribution in [0.15, 0.2) is 42.5 Å². The predicted octanol–water partition coefficient (Wildman–Crippen LogP) is 5.05. The third kappa shape index (κ3) is 4.36. The number of pyridine rings is 1. The maximum atomic E-state index is 6.28. The van der Waals surface area contributed by atoms with Gasteiger partial charge in [-0.15, -0.1) is 0 Å². The summed E-state index contributed by atoms with van der Waals surface area (Å²) in [6, 6.07) is 14.7. The third-order valence-corrected chi connectivity index (χ3v) is 5.36. The van der Waals surface area contributed by atoms with E-state index in [1.807, 2.05) is 6.07 Å². The number of nitrogens with two attached hydrogens (primary N) is 1. The van der Waals surface area contributed by atoms with Gasteiger partial charge in [-0.05, 0) is 47.7 Å². The van der Waals surface area contributed by atoms with Crippen molar-refractivity contribution in [3.63, 3.8) is 0 Å². The highest BCUT2D eigenvalue weighted by Crippen LogP contribution is 2.36. The Balaban J connectivity index is 1.75. The van der Waals surface area contributed by atoms with Crippen molar-refractivity contribution in [3.8, 4) is 16.9 Å². The van der Waals surface area contributed by atoms with E-state index in [1.54, 1.807) is 0 Å². The molecule has 1 fully saturated rings. The van der Waals surface area contributed by atoms with Gasteiger partial charge in [-0.3, -0.25) is 0 Å². The molecule has 1 saturated heterocycles. The molecule has 2 heterocycles. The molecule has 3 aromatic rings. The van der Waals surface area contributed by atoms with Crippen LogP contribution in [-0.2, 0) is 4.74 Å². The normalized spacial score (nSPS) is 14.9. The molecule has 5 nitrogen and oxygen atoms in total. The van der Waals surface area contributed by atoms with E-state index in [-0.39, 0.29) is 5.41 Å². The zero-order valence-corrected chi connectivity index (χ0v) is 18.4. The molecule has 30 heavy (non-hydrogen) atoms. The van der Waals surface area contributed by atoms with Crippen LogP contribution in [0.4, 0.5) is 11.5 Å². The van der Waals surface area contributed by atoms with E-state index >= 15 is 0 Å². The quantitative estimate of drug-likeness (QED) is 0.658. The second-order valence-corrected chi connectivity index (χ2v) is 9.20. The first-order valence-corrected chi connectivity index (χ1v) is 10.6. The maximum Gasteiger partial charge on any atom is 0.147 e. The number of hydrogen-bond acceptors (Lipinski definition) is 5. The monoisotopic (exact) mass is 405 g/mol. The molecule has 0 spiro atoms. The first kappa shape index (κ1) is 20.5. The Bertz CT molecular complexity index is 1050. The van der Waals surface area contributed by atoms with E-state index in [1.165, 1.54) is 5.56 Å². The summed E-state index contributed by atoms with van der Waals surface area (Å²) in [6.07, 6.45) is 0. The van der Waals surface area contributed by atoms with Crippen molar-refractivity contribution in [2.75, 3.05) is 43.5 Å². The van der Waals surface area contributed by atoms with Crippen molar-refractivity contribution in [1.29, 1.82) is 0 Å². The molecule has 0 saturated carbocycles. The van der Waals surface area contributed by atoms with E-state index in [9.17, 15) is 0 Å². The number of ether oxygens (including phenoxy) is 2. The highest BCUT2D eigenvalue weighted by atomic mass is 16.5. The molecule has 2 N–H and O–H groups in total. The topological polar surface area (TPSA) is 60.6 Å². The van der Waals surface area contributed by atoms with E-state index < -0.39 is 0 Å². The van der Waals surface area contributed by atoms with Crippen molar-refractivity contribution in [2.24, 2.45) is 5.41 Å². The number of fused-ring (bicyclic) bond motifs is 1. The Labute approximate surface area is 178 Å². The van der Waals surface area contributed by atoms with Crippen LogP contribution < -0.4 is 15.4 Å². The van der Waals surface area contributed by atoms with Gasteiger partial charge in [0.15, 0.2) is 0 Å². The predicted molar refractivity (Wildman–Crippen MR) is 124 cm³/mol. The molecule has 158 valence electrons. The van der Waals surface area contributed by atoms with Crippen LogP contribution in [0.3, 0.4) is 0 Å². The Morgan fingerprint density at radius 1 is 1.10 bits per heavy atom. The van der Waals surface area contributed by atoms with Gasteiger partial charge in [-0.25, -0.2) is 4.98 Å². The second-order valence-electron chi connectivity index (χ2n) is 9.20. The molecule has 0 amide bonds. The summed E-state index contributed by atoms with van der Waals surface area (Å²) in [6.45, 7) is 12.4. The Morgan fingerprint density at radius 3 is 2.60 bits per heavy atom. The lowest BCUT2D eigenvalue weighted by atomic mass is 9.96. The van der Waals surface area contributed by atoms with Crippen LogP contribution in [0.2, 0.25) is 0 Å². The lowest BCUT2D eigenvalue weighted by Gasteiger charge is -2.29. The van der Waals surface area contributed by atoms with Gasteiger partial charge < -0.3 is 20.1 Å². The Morgan fingerprint density at radius 2 is 1.87 bits per heavy atom. The largest absolute Gasteiger partial charge is 0.492 e. The van der Waals surface area contributed by atoms with Gasteiger partial charge in [0.05, 0.1) is 31.0 Å². The van der Waals surface area contributed by atoms with Crippen LogP contribution >= 0.6 is 0 Å². The number of benzene rings is 2. The Kier molecular flexibility index (Phi) is 5.56. The molecule has 0 aliphatic carbocycles. The average Bonchev–Trinajstić information content (AvgIpc) is 2.72. The maximum absolute atomic E-state index is 6.28. The van der Waals surface area contributed by atoms with Gasteiger partial charge in [-0.1, -0.05) is 39.0 Å². The van der Waals surface area contributed by atoms with Crippen LogP contribution in [0.1, 0.15) is 26.3 Å². The fourth-order valence-electron chi connectivity index (χ4n) is 3.82. The number of hydrogen-bond donors (Lipinski definition) is 1. The summed E-state index contributed by atoms with van der Waals surface area (Å²) >= 11 is 0. The molecule has 5 heteroatoms. The van der Waals surface area contributed by atoms with Crippen LogP contribution in [-0.4, -0.2) is 37.9 Å². The minimum absolute atomic E-state index is 0.0961. The number of morpholine rings is 1. The molecular formula is C25H31N3O2. The first-order valence-electron chi connectivity index (χ1n) is 10.6. The number of aromatic nitrogens is 1. The van der Waals surface area contributed by atoms with Gasteiger partial charge in [0.1, 0.15) is 11.6 Å². The summed E-state index contributed by atoms with van der Waals surface area (Å²) in [4.78, 5) is 6.92. The highest BCUT2D eigenvalue weighted by Gasteiger charge is 2.18. The minimum Gasteiger partial charge on any atom is -0.492 e. The zero-order chi connectivity index (χ0) is 21.3. The SMILES string of the molecule is Cc1cccc(OCC(C)(C)C)c1-c1ccc2nc(N)c(N3CCOCC3)cc2c1. The molecule has 1 aliphatic rings. The van der Waals surface area contributed by atoms with Gasteiger partial charge in [0, 0.05) is 24.0 Å². The molecule has 4 rings (SSSR count). The Hall–Kier alpha value is -2.79. The van der Waals surface area contributed by atoms with Gasteiger partial charge in [0.2, 0.25) is 0 Å². The van der Waals surface area contributed by atoms with Crippen molar-refractivity contribution >= 4 is 22.4 Å². The van der Waals surface area contributed by atoms with Gasteiger partial charge in [-0.2, -0.15) is 0 Å². The van der Waals surface area contributed by atoms with Crippen molar-refractivity contribution in [1.82, 2.24) is 4.98 Å². The zero-order valence-electron chi connectivity index (χ0n) is 18.4. The van der Waals surface area contributed by atoms with Crippen molar-refractivity contribution in [3.05, 3.63) is 48.0 Å². The number of anilines is 2. The summed E-state index contributed by atoms with van der Waals surface area (Å²) < 4.78 is 11.7. The number of nitrogen functional groups attached to an aromatic ring is 1. The summed E-state index contributed by atoms with van der Waals surface area (Å²) in [5.74, 6) is 1.49. The smallest absolute Gasteiger partial charge is 0.147 e. The molecule has 0 atom stereocenters. The minimum atomic E-state index is 0.0961. The fourth-order valence-corrected chi connectivity index (χ4v) is 3.82. The van der Waals surface area contributed by atoms with E-state index in [4.69, 9.17) is 15.2 Å². The molecule has 1 aliphatic heterocycles. The molecule has 2 aromatic carbocycles. The molecule has 0 bridgehead atoms. The molecule has 0 unspecified atom stereocenters. The number of nitrogens with zero attached hydrogens (tertiary/aromatic N) is 2. The third-order valence-electron chi connectivity index (χ3n) is 5.36. The van der Waals surface area contributed by atoms with E-state index in [0.717, 1.165) is 59.8 Å². The van der Waals surface area contributed by atoms with Gasteiger partial charge in [0.25, 0.3) is 0 Å². The number of aryl methyl sites for hydroxylation is 1. The first-order chi connectivity index (χ1) is 14.3. The van der Waals surface area contributed by atoms with Crippen LogP contribution in [0.25, 0.3) is 22.0 Å². The van der Waals surface area contributed by atoms with Crippen LogP contribution in [0.5, 0.6) is 5.75 Å². The van der Waals surface area contributed by atoms with Crippen molar-refractivity contribution < 1.29 is 9.47 Å². The lowest BCUT2D eigenvalue weighted by Crippen LogP contribution is -2.36. The summed E-state index contributed by atoms with van der Waals surface area (Å²) in [5, 5.41) is 1.08. The molecule has 0 radical (unpaired) electrons. The lowest BCUT2D eigenvalue weighted by molar-refractivity contribution is 0.123. The van der Waals surface area contributed by atoms with Gasteiger partial charge >= 0.3 is 0 Å². The second kappa shape index (κ2) is 8.15. The number of rotatable bonds is 4. The summed E-state index contributed by atoms with van der Waals surface area (Å²) in [5.41, 5.74) is 11.7. The molecular weight excluding hydrogens is 374 g/mol. The highest BCUT2D eigenvalue weighted by molar-refractivity contribution is 5.91. The fraction of sp³-hybridized carbons (Fsp3) is 0.400. The van der Waals surface area contributed by atoms with Crippen molar-refractivity contribution in [2.45, 2.75) is 27.7 Å². The van der Waals surface area contributed by atoms with E-state index in [0.29, 0.717) is 12.4 Å². The van der Waals surface area contributed by atoms with Crippen LogP contribution in [0, 0.1) is 12.3 Å².